The summed E-state index contributed by atoms with van der Waals surface area (Å²) in [6, 6.07) is 0. The Labute approximate surface area is 80.7 Å². The Morgan fingerprint density at radius 2 is 1.92 bits per heavy atom. The molecule has 1 rings (SSSR count). The maximum atomic E-state index is 11.1. The van der Waals surface area contributed by atoms with Crippen molar-refractivity contribution in [2.75, 3.05) is 0 Å². The molecule has 0 spiro atoms. The van der Waals surface area contributed by atoms with Crippen LogP contribution in [-0.2, 0) is 9.53 Å². The number of ether oxygens (including phenoxy) is 1. The van der Waals surface area contributed by atoms with Crippen LogP contribution in [0.25, 0.3) is 0 Å². The van der Waals surface area contributed by atoms with Gasteiger partial charge in [0.2, 0.25) is 0 Å². The Kier molecular flexibility index (Phi) is 4.26. The van der Waals surface area contributed by atoms with Gasteiger partial charge >= 0.3 is 5.97 Å². The summed E-state index contributed by atoms with van der Waals surface area (Å²) >= 11 is 0. The van der Waals surface area contributed by atoms with E-state index in [0.29, 0.717) is 0 Å². The number of carbonyl (C=O) groups excluding carboxylic acids is 1. The van der Waals surface area contributed by atoms with Crippen LogP contribution < -0.4 is 0 Å². The second-order valence-electron chi connectivity index (χ2n) is 3.87. The third-order valence-corrected chi connectivity index (χ3v) is 2.71. The lowest BCUT2D eigenvalue weighted by Gasteiger charge is -2.35. The highest BCUT2D eigenvalue weighted by Crippen LogP contribution is 2.30. The molecule has 1 saturated heterocycles. The molecule has 0 unspecified atom stereocenters. The van der Waals surface area contributed by atoms with Crippen molar-refractivity contribution in [1.82, 2.24) is 0 Å². The van der Waals surface area contributed by atoms with E-state index in [-0.39, 0.29) is 18.0 Å². The van der Waals surface area contributed by atoms with Crippen LogP contribution in [0.2, 0.25) is 0 Å². The summed E-state index contributed by atoms with van der Waals surface area (Å²) < 4.78 is 5.08. The maximum Gasteiger partial charge on any atom is 0.313 e. The van der Waals surface area contributed by atoms with E-state index in [0.717, 1.165) is 19.3 Å². The number of cyclic esters (lactones) is 1. The SMILES string of the molecule is CCCCC[C@@H]1C(=O)O[C@H]1CCC. The lowest BCUT2D eigenvalue weighted by molar-refractivity contribution is -0.186. The van der Waals surface area contributed by atoms with Crippen LogP contribution in [0.4, 0.5) is 0 Å². The summed E-state index contributed by atoms with van der Waals surface area (Å²) in [5, 5.41) is 0. The van der Waals surface area contributed by atoms with Gasteiger partial charge < -0.3 is 4.74 Å². The normalized spacial score (nSPS) is 26.8. The van der Waals surface area contributed by atoms with Crippen LogP contribution in [0.5, 0.6) is 0 Å². The highest BCUT2D eigenvalue weighted by Gasteiger charge is 2.40. The Morgan fingerprint density at radius 1 is 1.15 bits per heavy atom. The summed E-state index contributed by atoms with van der Waals surface area (Å²) in [5.41, 5.74) is 0. The predicted octanol–water partition coefficient (Wildman–Crippen LogP) is 2.91. The fourth-order valence-electron chi connectivity index (χ4n) is 1.86. The molecule has 2 nitrogen and oxygen atoms in total. The minimum atomic E-state index is 0.0366. The smallest absolute Gasteiger partial charge is 0.313 e. The van der Waals surface area contributed by atoms with Crippen LogP contribution in [0.3, 0.4) is 0 Å². The third kappa shape index (κ3) is 2.71. The van der Waals surface area contributed by atoms with Crippen LogP contribution in [0.15, 0.2) is 0 Å². The number of hydrogen-bond donors (Lipinski definition) is 0. The number of esters is 1. The molecule has 1 aliphatic rings. The van der Waals surface area contributed by atoms with Crippen molar-refractivity contribution >= 4 is 5.97 Å². The standard InChI is InChI=1S/C11H20O2/c1-3-5-6-8-9-10(7-4-2)13-11(9)12/h9-10H,3-8H2,1-2H3/t9-,10-/m0/s1. The molecule has 1 fully saturated rings. The molecule has 2 atom stereocenters. The van der Waals surface area contributed by atoms with E-state index < -0.39 is 0 Å². The number of unbranched alkanes of at least 4 members (excludes halogenated alkanes) is 2. The molecule has 0 aromatic rings. The fraction of sp³-hybridized carbons (Fsp3) is 0.909. The van der Waals surface area contributed by atoms with Crippen LogP contribution in [0, 0.1) is 5.92 Å². The van der Waals surface area contributed by atoms with Gasteiger partial charge in [0.1, 0.15) is 6.10 Å². The second kappa shape index (κ2) is 5.25. The van der Waals surface area contributed by atoms with Crippen molar-refractivity contribution in [3.63, 3.8) is 0 Å². The van der Waals surface area contributed by atoms with Gasteiger partial charge in [-0.25, -0.2) is 0 Å². The minimum absolute atomic E-state index is 0.0366. The molecule has 76 valence electrons. The summed E-state index contributed by atoms with van der Waals surface area (Å²) in [4.78, 5) is 11.1. The topological polar surface area (TPSA) is 26.3 Å². The third-order valence-electron chi connectivity index (χ3n) is 2.71. The molecule has 1 heterocycles. The highest BCUT2D eigenvalue weighted by molar-refractivity contribution is 5.78. The zero-order valence-electron chi connectivity index (χ0n) is 8.71. The van der Waals surface area contributed by atoms with Crippen molar-refractivity contribution in [3.8, 4) is 0 Å². The quantitative estimate of drug-likeness (QED) is 0.468. The first-order valence-electron chi connectivity index (χ1n) is 5.50. The Bertz CT molecular complexity index is 165. The molecular weight excluding hydrogens is 164 g/mol. The number of hydrogen-bond acceptors (Lipinski definition) is 2. The molecular formula is C11H20O2. The van der Waals surface area contributed by atoms with Crippen molar-refractivity contribution in [3.05, 3.63) is 0 Å². The molecule has 0 bridgehead atoms. The Hall–Kier alpha value is -0.530. The monoisotopic (exact) mass is 184 g/mol. The molecule has 2 heteroatoms. The summed E-state index contributed by atoms with van der Waals surface area (Å²) in [7, 11) is 0. The average molecular weight is 184 g/mol. The van der Waals surface area contributed by atoms with Gasteiger partial charge in [-0.05, 0) is 12.8 Å². The molecule has 0 aromatic carbocycles. The van der Waals surface area contributed by atoms with Crippen molar-refractivity contribution in [1.29, 1.82) is 0 Å². The average Bonchev–Trinajstić information content (AvgIpc) is 2.12. The number of rotatable bonds is 6. The van der Waals surface area contributed by atoms with E-state index in [1.807, 2.05) is 0 Å². The Balaban J connectivity index is 2.18. The van der Waals surface area contributed by atoms with Crippen LogP contribution in [0.1, 0.15) is 52.4 Å². The number of carbonyl (C=O) groups is 1. The van der Waals surface area contributed by atoms with Gasteiger partial charge in [-0.3, -0.25) is 4.79 Å². The first-order valence-corrected chi connectivity index (χ1v) is 5.50. The largest absolute Gasteiger partial charge is 0.461 e. The second-order valence-corrected chi connectivity index (χ2v) is 3.87. The molecule has 0 aliphatic carbocycles. The van der Waals surface area contributed by atoms with E-state index in [9.17, 15) is 4.79 Å². The van der Waals surface area contributed by atoms with E-state index in [1.54, 1.807) is 0 Å². The van der Waals surface area contributed by atoms with E-state index in [2.05, 4.69) is 13.8 Å². The van der Waals surface area contributed by atoms with Crippen molar-refractivity contribution in [2.45, 2.75) is 58.5 Å². The minimum Gasteiger partial charge on any atom is -0.461 e. The van der Waals surface area contributed by atoms with E-state index >= 15 is 0 Å². The lowest BCUT2D eigenvalue weighted by Crippen LogP contribution is -2.44. The zero-order chi connectivity index (χ0) is 9.68. The van der Waals surface area contributed by atoms with Gasteiger partial charge in [0.05, 0.1) is 5.92 Å². The molecule has 0 N–H and O–H groups in total. The van der Waals surface area contributed by atoms with Crippen LogP contribution in [-0.4, -0.2) is 12.1 Å². The maximum absolute atomic E-state index is 11.1. The predicted molar refractivity (Wildman–Crippen MR) is 52.4 cm³/mol. The van der Waals surface area contributed by atoms with E-state index in [1.165, 1.54) is 19.3 Å². The molecule has 0 aromatic heterocycles. The first-order chi connectivity index (χ1) is 6.29. The van der Waals surface area contributed by atoms with Gasteiger partial charge in [0.15, 0.2) is 0 Å². The molecule has 1 aliphatic heterocycles. The van der Waals surface area contributed by atoms with E-state index in [4.69, 9.17) is 4.74 Å². The highest BCUT2D eigenvalue weighted by atomic mass is 16.6. The Morgan fingerprint density at radius 3 is 2.46 bits per heavy atom. The van der Waals surface area contributed by atoms with Crippen molar-refractivity contribution in [2.24, 2.45) is 5.92 Å². The summed E-state index contributed by atoms with van der Waals surface area (Å²) in [6.45, 7) is 4.32. The van der Waals surface area contributed by atoms with Crippen molar-refractivity contribution < 1.29 is 9.53 Å². The lowest BCUT2D eigenvalue weighted by atomic mass is 9.88. The molecule has 0 saturated carbocycles. The van der Waals surface area contributed by atoms with Gasteiger partial charge in [-0.1, -0.05) is 39.5 Å². The van der Waals surface area contributed by atoms with Gasteiger partial charge in [-0.2, -0.15) is 0 Å². The zero-order valence-corrected chi connectivity index (χ0v) is 8.71. The van der Waals surface area contributed by atoms with Gasteiger partial charge in [0, 0.05) is 0 Å². The molecule has 0 amide bonds. The fourth-order valence-corrected chi connectivity index (χ4v) is 1.86. The summed E-state index contributed by atoms with van der Waals surface area (Å²) in [5.74, 6) is 0.265. The molecule has 13 heavy (non-hydrogen) atoms. The van der Waals surface area contributed by atoms with Gasteiger partial charge in [0.25, 0.3) is 0 Å². The first kappa shape index (κ1) is 10.6. The summed E-state index contributed by atoms with van der Waals surface area (Å²) in [6.07, 6.45) is 7.08. The van der Waals surface area contributed by atoms with Gasteiger partial charge in [-0.15, -0.1) is 0 Å². The molecule has 0 radical (unpaired) electrons. The van der Waals surface area contributed by atoms with Crippen LogP contribution >= 0.6 is 0 Å².